The molecule has 82 valence electrons. The number of amides is 2. The summed E-state index contributed by atoms with van der Waals surface area (Å²) < 4.78 is 1.11. The van der Waals surface area contributed by atoms with Crippen molar-refractivity contribution in [2.24, 2.45) is 0 Å². The van der Waals surface area contributed by atoms with Crippen LogP contribution in [0.25, 0.3) is 0 Å². The number of hydrogen-bond donors (Lipinski definition) is 2. The molecule has 0 aliphatic carbocycles. The largest absolute Gasteiger partial charge is 0.338 e. The van der Waals surface area contributed by atoms with Gasteiger partial charge in [-0.2, -0.15) is 0 Å². The van der Waals surface area contributed by atoms with Crippen molar-refractivity contribution >= 4 is 34.3 Å². The van der Waals surface area contributed by atoms with Crippen LogP contribution in [0, 0.1) is 3.57 Å². The lowest BCUT2D eigenvalue weighted by atomic mass is 10.3. The highest BCUT2D eigenvalue weighted by atomic mass is 127. The van der Waals surface area contributed by atoms with Crippen molar-refractivity contribution < 1.29 is 4.79 Å². The van der Waals surface area contributed by atoms with E-state index in [1.165, 1.54) is 0 Å². The first-order chi connectivity index (χ1) is 7.22. The highest BCUT2D eigenvalue weighted by Gasteiger charge is 2.00. The van der Waals surface area contributed by atoms with Crippen LogP contribution in [0.15, 0.2) is 24.3 Å². The molecule has 0 atom stereocenters. The Morgan fingerprint density at radius 1 is 1.47 bits per heavy atom. The number of carbonyl (C=O) groups excluding carboxylic acids is 1. The summed E-state index contributed by atoms with van der Waals surface area (Å²) in [4.78, 5) is 11.4. The lowest BCUT2D eigenvalue weighted by Gasteiger charge is -2.06. The molecule has 0 spiro atoms. The average molecular weight is 318 g/mol. The van der Waals surface area contributed by atoms with Gasteiger partial charge in [0.1, 0.15) is 0 Å². The Kier molecular flexibility index (Phi) is 5.45. The van der Waals surface area contributed by atoms with E-state index in [2.05, 4.69) is 40.1 Å². The van der Waals surface area contributed by atoms with Crippen LogP contribution in [-0.4, -0.2) is 12.6 Å². The summed E-state index contributed by atoms with van der Waals surface area (Å²) in [5, 5.41) is 5.59. The third-order valence-electron chi connectivity index (χ3n) is 1.90. The normalized spacial score (nSPS) is 9.73. The van der Waals surface area contributed by atoms with E-state index in [9.17, 15) is 4.79 Å². The van der Waals surface area contributed by atoms with Gasteiger partial charge in [-0.25, -0.2) is 4.79 Å². The first-order valence-electron chi connectivity index (χ1n) is 5.03. The summed E-state index contributed by atoms with van der Waals surface area (Å²) in [6.45, 7) is 2.82. The second-order valence-corrected chi connectivity index (χ2v) is 4.49. The zero-order valence-corrected chi connectivity index (χ0v) is 10.9. The van der Waals surface area contributed by atoms with Gasteiger partial charge < -0.3 is 10.6 Å². The average Bonchev–Trinajstić information content (AvgIpc) is 2.18. The first-order valence-corrected chi connectivity index (χ1v) is 6.10. The standard InChI is InChI=1S/C11H15IN2O/c1-2-3-7-13-11(15)14-10-6-4-5-9(12)8-10/h4-6,8H,2-3,7H2,1H3,(H2,13,14,15). The van der Waals surface area contributed by atoms with Crippen LogP contribution in [0.2, 0.25) is 0 Å². The Labute approximate surface area is 104 Å². The Morgan fingerprint density at radius 3 is 2.93 bits per heavy atom. The van der Waals surface area contributed by atoms with Crippen molar-refractivity contribution in [2.75, 3.05) is 11.9 Å². The fraction of sp³-hybridized carbons (Fsp3) is 0.364. The van der Waals surface area contributed by atoms with Gasteiger partial charge in [-0.05, 0) is 47.2 Å². The van der Waals surface area contributed by atoms with Crippen molar-refractivity contribution in [2.45, 2.75) is 19.8 Å². The molecule has 1 aromatic rings. The molecule has 0 saturated heterocycles. The van der Waals surface area contributed by atoms with E-state index in [0.717, 1.165) is 28.6 Å². The van der Waals surface area contributed by atoms with Gasteiger partial charge in [0, 0.05) is 15.8 Å². The van der Waals surface area contributed by atoms with Gasteiger partial charge in [0.15, 0.2) is 0 Å². The van der Waals surface area contributed by atoms with E-state index in [0.29, 0.717) is 0 Å². The number of rotatable bonds is 4. The molecular formula is C11H15IN2O. The summed E-state index contributed by atoms with van der Waals surface area (Å²) in [5.41, 5.74) is 0.830. The second kappa shape index (κ2) is 6.66. The molecule has 0 saturated carbocycles. The number of nitrogens with one attached hydrogen (secondary N) is 2. The first kappa shape index (κ1) is 12.3. The van der Waals surface area contributed by atoms with Crippen molar-refractivity contribution in [3.8, 4) is 0 Å². The molecule has 2 amide bonds. The summed E-state index contributed by atoms with van der Waals surface area (Å²) in [7, 11) is 0. The molecule has 1 aromatic carbocycles. The maximum Gasteiger partial charge on any atom is 0.319 e. The Hall–Kier alpha value is -0.780. The predicted molar refractivity (Wildman–Crippen MR) is 71.1 cm³/mol. The van der Waals surface area contributed by atoms with Gasteiger partial charge in [-0.3, -0.25) is 0 Å². The predicted octanol–water partition coefficient (Wildman–Crippen LogP) is 3.21. The lowest BCUT2D eigenvalue weighted by Crippen LogP contribution is -2.29. The van der Waals surface area contributed by atoms with Gasteiger partial charge in [-0.15, -0.1) is 0 Å². The molecule has 1 rings (SSSR count). The molecule has 0 aromatic heterocycles. The van der Waals surface area contributed by atoms with Crippen LogP contribution in [0.5, 0.6) is 0 Å². The molecule has 0 fully saturated rings. The number of carbonyl (C=O) groups is 1. The Balaban J connectivity index is 2.37. The van der Waals surface area contributed by atoms with Crippen molar-refractivity contribution in [1.29, 1.82) is 0 Å². The Bertz CT molecular complexity index is 328. The van der Waals surface area contributed by atoms with Crippen LogP contribution < -0.4 is 10.6 Å². The van der Waals surface area contributed by atoms with Crippen molar-refractivity contribution in [3.63, 3.8) is 0 Å². The van der Waals surface area contributed by atoms with Gasteiger partial charge in [-0.1, -0.05) is 19.4 Å². The molecule has 0 heterocycles. The van der Waals surface area contributed by atoms with Crippen LogP contribution in [0.4, 0.5) is 10.5 Å². The van der Waals surface area contributed by atoms with Crippen molar-refractivity contribution in [1.82, 2.24) is 5.32 Å². The van der Waals surface area contributed by atoms with Crippen LogP contribution in [0.1, 0.15) is 19.8 Å². The van der Waals surface area contributed by atoms with E-state index >= 15 is 0 Å². The van der Waals surface area contributed by atoms with E-state index in [-0.39, 0.29) is 6.03 Å². The summed E-state index contributed by atoms with van der Waals surface area (Å²) in [5.74, 6) is 0. The quantitative estimate of drug-likeness (QED) is 0.649. The van der Waals surface area contributed by atoms with E-state index in [1.807, 2.05) is 24.3 Å². The van der Waals surface area contributed by atoms with Crippen molar-refractivity contribution in [3.05, 3.63) is 27.8 Å². The molecule has 0 aliphatic rings. The molecule has 0 bridgehead atoms. The van der Waals surface area contributed by atoms with Crippen LogP contribution in [0.3, 0.4) is 0 Å². The minimum absolute atomic E-state index is 0.134. The summed E-state index contributed by atoms with van der Waals surface area (Å²) in [6, 6.07) is 7.58. The lowest BCUT2D eigenvalue weighted by molar-refractivity contribution is 0.252. The molecule has 15 heavy (non-hydrogen) atoms. The number of anilines is 1. The maximum atomic E-state index is 11.4. The monoisotopic (exact) mass is 318 g/mol. The number of unbranched alkanes of at least 4 members (excludes halogenated alkanes) is 1. The zero-order valence-electron chi connectivity index (χ0n) is 8.72. The fourth-order valence-corrected chi connectivity index (χ4v) is 1.66. The number of benzene rings is 1. The van der Waals surface area contributed by atoms with Crippen LogP contribution >= 0.6 is 22.6 Å². The van der Waals surface area contributed by atoms with E-state index in [1.54, 1.807) is 0 Å². The van der Waals surface area contributed by atoms with E-state index < -0.39 is 0 Å². The zero-order chi connectivity index (χ0) is 11.1. The third-order valence-corrected chi connectivity index (χ3v) is 2.57. The molecule has 2 N–H and O–H groups in total. The molecule has 4 heteroatoms. The second-order valence-electron chi connectivity index (χ2n) is 3.24. The van der Waals surface area contributed by atoms with Crippen LogP contribution in [-0.2, 0) is 0 Å². The molecule has 3 nitrogen and oxygen atoms in total. The SMILES string of the molecule is CCCCNC(=O)Nc1cccc(I)c1. The van der Waals surface area contributed by atoms with Gasteiger partial charge in [0.2, 0.25) is 0 Å². The van der Waals surface area contributed by atoms with Gasteiger partial charge >= 0.3 is 6.03 Å². The molecule has 0 aliphatic heterocycles. The third kappa shape index (κ3) is 5.01. The number of urea groups is 1. The maximum absolute atomic E-state index is 11.4. The number of hydrogen-bond acceptors (Lipinski definition) is 1. The molecular weight excluding hydrogens is 303 g/mol. The highest BCUT2D eigenvalue weighted by molar-refractivity contribution is 14.1. The minimum Gasteiger partial charge on any atom is -0.338 e. The van der Waals surface area contributed by atoms with Gasteiger partial charge in [0.25, 0.3) is 0 Å². The Morgan fingerprint density at radius 2 is 2.27 bits per heavy atom. The summed E-state index contributed by atoms with van der Waals surface area (Å²) >= 11 is 2.22. The number of halogens is 1. The topological polar surface area (TPSA) is 41.1 Å². The molecule has 0 unspecified atom stereocenters. The van der Waals surface area contributed by atoms with E-state index in [4.69, 9.17) is 0 Å². The smallest absolute Gasteiger partial charge is 0.319 e. The van der Waals surface area contributed by atoms with Gasteiger partial charge in [0.05, 0.1) is 0 Å². The minimum atomic E-state index is -0.134. The highest BCUT2D eigenvalue weighted by Crippen LogP contribution is 2.11. The molecule has 0 radical (unpaired) electrons. The fourth-order valence-electron chi connectivity index (χ4n) is 1.12. The summed E-state index contributed by atoms with van der Waals surface area (Å²) in [6.07, 6.45) is 2.10.